The Morgan fingerprint density at radius 3 is 2.73 bits per heavy atom. The van der Waals surface area contributed by atoms with Crippen LogP contribution in [0.4, 0.5) is 0 Å². The largest absolute Gasteiger partial charge is 0.503 e. The Balaban J connectivity index is 1.58. The number of hydrogen-bond acceptors (Lipinski definition) is 6. The van der Waals surface area contributed by atoms with Gasteiger partial charge in [0.15, 0.2) is 11.5 Å². The second-order valence-electron chi connectivity index (χ2n) is 7.55. The Morgan fingerprint density at radius 1 is 1.15 bits per heavy atom. The van der Waals surface area contributed by atoms with Crippen molar-refractivity contribution in [3.63, 3.8) is 0 Å². The summed E-state index contributed by atoms with van der Waals surface area (Å²) in [5.41, 5.74) is 1.06. The molecule has 0 saturated carbocycles. The number of carbonyl (C=O) groups is 2. The van der Waals surface area contributed by atoms with Crippen LogP contribution < -0.4 is 4.74 Å². The fourth-order valence-corrected chi connectivity index (χ4v) is 4.25. The Kier molecular flexibility index (Phi) is 5.18. The normalized spacial score (nSPS) is 16.1. The minimum atomic E-state index is -0.943. The van der Waals surface area contributed by atoms with Gasteiger partial charge in [-0.25, -0.2) is 0 Å². The third kappa shape index (κ3) is 3.56. The summed E-state index contributed by atoms with van der Waals surface area (Å²) in [6.07, 6.45) is 1.45. The number of benzene rings is 2. The molecule has 1 unspecified atom stereocenters. The lowest BCUT2D eigenvalue weighted by atomic mass is 9.99. The van der Waals surface area contributed by atoms with Gasteiger partial charge in [0.25, 0.3) is 5.91 Å². The second kappa shape index (κ2) is 8.18. The molecule has 33 heavy (non-hydrogen) atoms. The van der Waals surface area contributed by atoms with E-state index in [1.165, 1.54) is 24.3 Å². The zero-order valence-electron chi connectivity index (χ0n) is 17.4. The number of para-hydroxylation sites is 1. The van der Waals surface area contributed by atoms with E-state index in [9.17, 15) is 14.7 Å². The van der Waals surface area contributed by atoms with Gasteiger partial charge in [0.1, 0.15) is 23.1 Å². The van der Waals surface area contributed by atoms with Gasteiger partial charge in [0.2, 0.25) is 5.78 Å². The zero-order chi connectivity index (χ0) is 23.1. The van der Waals surface area contributed by atoms with Crippen molar-refractivity contribution >= 4 is 34.3 Å². The van der Waals surface area contributed by atoms with Crippen LogP contribution in [-0.2, 0) is 11.3 Å². The van der Waals surface area contributed by atoms with Crippen molar-refractivity contribution in [1.29, 1.82) is 0 Å². The van der Waals surface area contributed by atoms with Gasteiger partial charge in [-0.2, -0.15) is 0 Å². The minimum absolute atomic E-state index is 0.0164. The topological polar surface area (TPSA) is 93.1 Å². The summed E-state index contributed by atoms with van der Waals surface area (Å²) in [7, 11) is 1.53. The summed E-state index contributed by atoms with van der Waals surface area (Å²) in [5, 5.41) is 11.9. The second-order valence-corrected chi connectivity index (χ2v) is 7.98. The van der Waals surface area contributed by atoms with E-state index in [-0.39, 0.29) is 17.9 Å². The molecular formula is C25H18ClNO6. The smallest absolute Gasteiger partial charge is 0.290 e. The highest BCUT2D eigenvalue weighted by atomic mass is 35.5. The molecule has 1 N–H and O–H groups in total. The molecule has 2 aromatic carbocycles. The number of ether oxygens (including phenoxy) is 1. The molecule has 5 rings (SSSR count). The maximum atomic E-state index is 13.5. The number of hydrogen-bond donors (Lipinski definition) is 1. The molecule has 0 fully saturated rings. The van der Waals surface area contributed by atoms with Crippen LogP contribution in [-0.4, -0.2) is 28.8 Å². The molecule has 1 aliphatic heterocycles. The van der Waals surface area contributed by atoms with E-state index in [2.05, 4.69) is 0 Å². The molecule has 0 radical (unpaired) electrons. The van der Waals surface area contributed by atoms with Gasteiger partial charge in [-0.15, -0.1) is 0 Å². The van der Waals surface area contributed by atoms with Crippen molar-refractivity contribution in [2.75, 3.05) is 7.11 Å². The third-order valence-electron chi connectivity index (χ3n) is 5.60. The number of halogens is 1. The summed E-state index contributed by atoms with van der Waals surface area (Å²) in [4.78, 5) is 28.0. The number of methoxy groups -OCH3 is 1. The van der Waals surface area contributed by atoms with E-state index in [0.717, 1.165) is 0 Å². The molecule has 3 heterocycles. The number of nitrogens with zero attached hydrogens (tertiary/aromatic N) is 1. The van der Waals surface area contributed by atoms with Crippen molar-refractivity contribution < 1.29 is 28.3 Å². The van der Waals surface area contributed by atoms with Crippen molar-refractivity contribution in [1.82, 2.24) is 4.90 Å². The predicted molar refractivity (Wildman–Crippen MR) is 120 cm³/mol. The molecule has 8 heteroatoms. The fourth-order valence-electron chi connectivity index (χ4n) is 4.07. The van der Waals surface area contributed by atoms with Gasteiger partial charge in [-0.3, -0.25) is 9.59 Å². The molecule has 1 amide bonds. The molecule has 7 nitrogen and oxygen atoms in total. The summed E-state index contributed by atoms with van der Waals surface area (Å²) >= 11 is 6.04. The zero-order valence-corrected chi connectivity index (χ0v) is 18.2. The summed E-state index contributed by atoms with van der Waals surface area (Å²) in [5.74, 6) is -1.05. The maximum absolute atomic E-state index is 13.5. The summed E-state index contributed by atoms with van der Waals surface area (Å²) in [6.45, 7) is 0.0881. The Labute approximate surface area is 193 Å². The average Bonchev–Trinajstić information content (AvgIpc) is 3.54. The van der Waals surface area contributed by atoms with Crippen molar-refractivity contribution in [3.05, 3.63) is 100 Å². The van der Waals surface area contributed by atoms with E-state index in [1.807, 2.05) is 18.2 Å². The number of fused-ring (bicyclic) bond motifs is 1. The first-order valence-electron chi connectivity index (χ1n) is 10.1. The fraction of sp³-hybridized carbons (Fsp3) is 0.120. The number of aliphatic hydroxyl groups excluding tert-OH is 1. The van der Waals surface area contributed by atoms with E-state index in [4.69, 9.17) is 25.2 Å². The van der Waals surface area contributed by atoms with Gasteiger partial charge in [0.05, 0.1) is 25.5 Å². The van der Waals surface area contributed by atoms with Crippen molar-refractivity contribution in [2.24, 2.45) is 0 Å². The molecule has 1 aliphatic rings. The number of Topliss-reactive ketones (excluding diaryl/α,β-unsaturated/α-hetero) is 1. The van der Waals surface area contributed by atoms with Crippen LogP contribution in [0.1, 0.15) is 27.9 Å². The SMILES string of the molecule is COc1ccccc1CN1C(=O)C(O)=C(C(=O)c2cc3cc(Cl)ccc3o2)C1c1ccco1. The lowest BCUT2D eigenvalue weighted by molar-refractivity contribution is -0.130. The lowest BCUT2D eigenvalue weighted by Crippen LogP contribution is -2.30. The van der Waals surface area contributed by atoms with Crippen LogP contribution in [0.25, 0.3) is 11.0 Å². The molecule has 0 spiro atoms. The highest BCUT2D eigenvalue weighted by Gasteiger charge is 2.46. The maximum Gasteiger partial charge on any atom is 0.290 e. The van der Waals surface area contributed by atoms with E-state index >= 15 is 0 Å². The van der Waals surface area contributed by atoms with Crippen LogP contribution in [0.15, 0.2) is 87.1 Å². The molecule has 4 aromatic rings. The van der Waals surface area contributed by atoms with Gasteiger partial charge >= 0.3 is 0 Å². The molecular weight excluding hydrogens is 446 g/mol. The standard InChI is InChI=1S/C25H18ClNO6/c1-31-17-6-3-2-5-14(17)13-27-22(19-7-4-10-32-19)21(24(29)25(27)30)23(28)20-12-15-11-16(26)8-9-18(15)33-20/h2-12,22,29H,13H2,1H3. The van der Waals surface area contributed by atoms with Crippen LogP contribution >= 0.6 is 11.6 Å². The van der Waals surface area contributed by atoms with Gasteiger partial charge in [-0.1, -0.05) is 29.8 Å². The van der Waals surface area contributed by atoms with E-state index in [1.54, 1.807) is 36.4 Å². The van der Waals surface area contributed by atoms with E-state index in [0.29, 0.717) is 33.1 Å². The van der Waals surface area contributed by atoms with Crippen LogP contribution in [0.5, 0.6) is 5.75 Å². The molecule has 0 bridgehead atoms. The first kappa shape index (κ1) is 20.9. The van der Waals surface area contributed by atoms with E-state index < -0.39 is 23.5 Å². The number of ketones is 1. The van der Waals surface area contributed by atoms with Crippen LogP contribution in [0.2, 0.25) is 5.02 Å². The Bertz CT molecular complexity index is 1400. The molecule has 2 aromatic heterocycles. The highest BCUT2D eigenvalue weighted by Crippen LogP contribution is 2.41. The number of rotatable bonds is 6. The number of carbonyl (C=O) groups excluding carboxylic acids is 2. The van der Waals surface area contributed by atoms with Crippen molar-refractivity contribution in [2.45, 2.75) is 12.6 Å². The van der Waals surface area contributed by atoms with Crippen LogP contribution in [0, 0.1) is 0 Å². The monoisotopic (exact) mass is 463 g/mol. The molecule has 1 atom stereocenters. The van der Waals surface area contributed by atoms with Crippen molar-refractivity contribution in [3.8, 4) is 5.75 Å². The summed E-state index contributed by atoms with van der Waals surface area (Å²) < 4.78 is 16.7. The molecule has 0 saturated heterocycles. The molecule has 0 aliphatic carbocycles. The number of amides is 1. The minimum Gasteiger partial charge on any atom is -0.503 e. The number of aliphatic hydroxyl groups is 1. The lowest BCUT2D eigenvalue weighted by Gasteiger charge is -2.25. The predicted octanol–water partition coefficient (Wildman–Crippen LogP) is 5.47. The third-order valence-corrected chi connectivity index (χ3v) is 5.83. The quantitative estimate of drug-likeness (QED) is 0.381. The van der Waals surface area contributed by atoms with Crippen LogP contribution in [0.3, 0.4) is 0 Å². The molecule has 166 valence electrons. The summed E-state index contributed by atoms with van der Waals surface area (Å²) in [6, 6.07) is 16.1. The Morgan fingerprint density at radius 2 is 1.97 bits per heavy atom. The number of furan rings is 2. The van der Waals surface area contributed by atoms with Gasteiger partial charge in [0, 0.05) is 16.0 Å². The Hall–Kier alpha value is -3.97. The first-order chi connectivity index (χ1) is 16.0. The van der Waals surface area contributed by atoms with Gasteiger partial charge in [-0.05, 0) is 42.5 Å². The highest BCUT2D eigenvalue weighted by molar-refractivity contribution is 6.31. The average molecular weight is 464 g/mol. The first-order valence-corrected chi connectivity index (χ1v) is 10.5. The van der Waals surface area contributed by atoms with Gasteiger partial charge < -0.3 is 23.6 Å².